The molecule has 1 N–H and O–H groups in total. The van der Waals surface area contributed by atoms with Crippen molar-refractivity contribution in [2.45, 2.75) is 19.4 Å². The number of carbonyl (C=O) groups excluding carboxylic acids is 3. The maximum Gasteiger partial charge on any atom is 0.328 e. The molecule has 7 nitrogen and oxygen atoms in total. The average Bonchev–Trinajstić information content (AvgIpc) is 2.89. The Hall–Kier alpha value is -2.74. The Labute approximate surface area is 155 Å². The first-order valence-corrected chi connectivity index (χ1v) is 8.51. The summed E-state index contributed by atoms with van der Waals surface area (Å²) in [5.41, 5.74) is 1.15. The molecule has 26 heavy (non-hydrogen) atoms. The van der Waals surface area contributed by atoms with E-state index in [1.165, 1.54) is 27.2 Å². The van der Waals surface area contributed by atoms with Gasteiger partial charge in [0.2, 0.25) is 0 Å². The van der Waals surface area contributed by atoms with Crippen LogP contribution in [0.2, 0.25) is 0 Å². The lowest BCUT2D eigenvalue weighted by Crippen LogP contribution is -2.42. The number of benzene rings is 1. The third-order valence-electron chi connectivity index (χ3n) is 3.81. The minimum Gasteiger partial charge on any atom is -0.504 e. The molecule has 1 aromatic rings. The number of thioether (sulfide) groups is 1. The summed E-state index contributed by atoms with van der Waals surface area (Å²) >= 11 is 0.737. The predicted octanol–water partition coefficient (Wildman–Crippen LogP) is 2.73. The van der Waals surface area contributed by atoms with Crippen molar-refractivity contribution in [1.82, 2.24) is 4.90 Å². The van der Waals surface area contributed by atoms with Crippen molar-refractivity contribution in [2.24, 2.45) is 0 Å². The van der Waals surface area contributed by atoms with E-state index < -0.39 is 23.2 Å². The highest BCUT2D eigenvalue weighted by Gasteiger charge is 2.41. The lowest BCUT2D eigenvalue weighted by Gasteiger charge is -2.18. The molecule has 0 radical (unpaired) electrons. The van der Waals surface area contributed by atoms with Crippen LogP contribution < -0.4 is 4.74 Å². The van der Waals surface area contributed by atoms with E-state index in [1.54, 1.807) is 18.2 Å². The normalized spacial score (nSPS) is 16.7. The zero-order chi connectivity index (χ0) is 19.4. The van der Waals surface area contributed by atoms with Gasteiger partial charge in [-0.1, -0.05) is 6.08 Å². The van der Waals surface area contributed by atoms with Gasteiger partial charge in [0.15, 0.2) is 11.5 Å². The monoisotopic (exact) mass is 377 g/mol. The summed E-state index contributed by atoms with van der Waals surface area (Å²) in [5.74, 6) is -1.00. The van der Waals surface area contributed by atoms with Crippen LogP contribution in [-0.4, -0.2) is 47.4 Å². The summed E-state index contributed by atoms with van der Waals surface area (Å²) in [4.78, 5) is 37.3. The first-order chi connectivity index (χ1) is 12.3. The maximum absolute atomic E-state index is 12.5. The van der Waals surface area contributed by atoms with Gasteiger partial charge in [-0.15, -0.1) is 6.58 Å². The lowest BCUT2D eigenvalue weighted by atomic mass is 10.1. The number of amides is 2. The minimum absolute atomic E-state index is 0.00281. The number of phenols is 1. The van der Waals surface area contributed by atoms with Crippen LogP contribution in [0.4, 0.5) is 4.79 Å². The molecule has 2 rings (SSSR count). The van der Waals surface area contributed by atoms with Crippen molar-refractivity contribution >= 4 is 35.0 Å². The summed E-state index contributed by atoms with van der Waals surface area (Å²) in [5, 5.41) is 9.58. The quantitative estimate of drug-likeness (QED) is 0.463. The zero-order valence-electron chi connectivity index (χ0n) is 14.6. The Morgan fingerprint density at radius 2 is 2.08 bits per heavy atom. The number of hydrogen-bond donors (Lipinski definition) is 1. The van der Waals surface area contributed by atoms with Crippen molar-refractivity contribution in [3.05, 3.63) is 40.8 Å². The fourth-order valence-corrected chi connectivity index (χ4v) is 3.39. The molecule has 2 amide bonds. The van der Waals surface area contributed by atoms with Gasteiger partial charge in [0, 0.05) is 5.56 Å². The number of nitrogens with zero attached hydrogens (tertiary/aromatic N) is 1. The number of methoxy groups -OCH3 is 2. The number of rotatable bonds is 6. The van der Waals surface area contributed by atoms with E-state index in [1.807, 2.05) is 0 Å². The van der Waals surface area contributed by atoms with Crippen LogP contribution in [0.5, 0.6) is 11.5 Å². The van der Waals surface area contributed by atoms with Gasteiger partial charge in [-0.3, -0.25) is 14.5 Å². The number of carbonyl (C=O) groups is 3. The number of phenolic OH excluding ortho intramolecular Hbond substituents is 1. The molecule has 0 bridgehead atoms. The number of imide groups is 1. The third kappa shape index (κ3) is 3.75. The SMILES string of the molecule is C=CCc1cc(/C=C2\SC(=O)N([C@H](C)C(=O)OC)C2=O)cc(OC)c1O. The highest BCUT2D eigenvalue weighted by atomic mass is 32.2. The molecule has 1 aliphatic rings. The Morgan fingerprint density at radius 3 is 2.65 bits per heavy atom. The Morgan fingerprint density at radius 1 is 1.38 bits per heavy atom. The second kappa shape index (κ2) is 8.09. The van der Waals surface area contributed by atoms with Gasteiger partial charge in [0.25, 0.3) is 11.1 Å². The minimum atomic E-state index is -1.01. The molecule has 1 aliphatic heterocycles. The molecule has 1 saturated heterocycles. The van der Waals surface area contributed by atoms with Gasteiger partial charge in [-0.25, -0.2) is 4.79 Å². The fourth-order valence-electron chi connectivity index (χ4n) is 2.48. The van der Waals surface area contributed by atoms with E-state index in [9.17, 15) is 19.5 Å². The Kier molecular flexibility index (Phi) is 6.10. The van der Waals surface area contributed by atoms with Gasteiger partial charge in [0.05, 0.1) is 19.1 Å². The summed E-state index contributed by atoms with van der Waals surface area (Å²) < 4.78 is 9.74. The smallest absolute Gasteiger partial charge is 0.328 e. The van der Waals surface area contributed by atoms with Crippen LogP contribution in [0.25, 0.3) is 6.08 Å². The van der Waals surface area contributed by atoms with Gasteiger partial charge < -0.3 is 14.6 Å². The first-order valence-electron chi connectivity index (χ1n) is 7.69. The predicted molar refractivity (Wildman–Crippen MR) is 97.8 cm³/mol. The second-order valence-electron chi connectivity index (χ2n) is 5.47. The maximum atomic E-state index is 12.5. The molecule has 138 valence electrons. The van der Waals surface area contributed by atoms with Gasteiger partial charge in [-0.05, 0) is 48.9 Å². The van der Waals surface area contributed by atoms with Crippen LogP contribution in [-0.2, 0) is 20.7 Å². The molecule has 1 fully saturated rings. The number of esters is 1. The third-order valence-corrected chi connectivity index (χ3v) is 4.69. The second-order valence-corrected chi connectivity index (χ2v) is 6.47. The van der Waals surface area contributed by atoms with Crippen LogP contribution in [0, 0.1) is 0 Å². The molecule has 1 aromatic carbocycles. The zero-order valence-corrected chi connectivity index (χ0v) is 15.5. The number of aromatic hydroxyl groups is 1. The number of ether oxygens (including phenoxy) is 2. The molecule has 0 saturated carbocycles. The van der Waals surface area contributed by atoms with Crippen LogP contribution in [0.1, 0.15) is 18.1 Å². The molecule has 0 aromatic heterocycles. The Balaban J connectivity index is 2.40. The summed E-state index contributed by atoms with van der Waals surface area (Å²) in [7, 11) is 2.61. The summed E-state index contributed by atoms with van der Waals surface area (Å²) in [6.07, 6.45) is 3.55. The van der Waals surface area contributed by atoms with Crippen LogP contribution in [0.3, 0.4) is 0 Å². The van der Waals surface area contributed by atoms with E-state index in [4.69, 9.17) is 4.74 Å². The largest absolute Gasteiger partial charge is 0.504 e. The van der Waals surface area contributed by atoms with Crippen LogP contribution in [0.15, 0.2) is 29.7 Å². The topological polar surface area (TPSA) is 93.1 Å². The molecule has 0 aliphatic carbocycles. The molecule has 1 heterocycles. The van der Waals surface area contributed by atoms with E-state index in [-0.39, 0.29) is 16.4 Å². The van der Waals surface area contributed by atoms with Gasteiger partial charge in [-0.2, -0.15) is 0 Å². The van der Waals surface area contributed by atoms with Crippen molar-refractivity contribution < 1.29 is 29.0 Å². The van der Waals surface area contributed by atoms with E-state index in [0.29, 0.717) is 17.5 Å². The van der Waals surface area contributed by atoms with E-state index in [2.05, 4.69) is 11.3 Å². The molecule has 0 spiro atoms. The number of hydrogen-bond acceptors (Lipinski definition) is 7. The molecular formula is C18H19NO6S. The van der Waals surface area contributed by atoms with Crippen LogP contribution >= 0.6 is 11.8 Å². The molecule has 0 unspecified atom stereocenters. The molecular weight excluding hydrogens is 358 g/mol. The van der Waals surface area contributed by atoms with Crippen molar-refractivity contribution in [3.8, 4) is 11.5 Å². The highest BCUT2D eigenvalue weighted by Crippen LogP contribution is 2.37. The van der Waals surface area contributed by atoms with E-state index in [0.717, 1.165) is 16.7 Å². The van der Waals surface area contributed by atoms with Gasteiger partial charge >= 0.3 is 5.97 Å². The summed E-state index contributed by atoms with van der Waals surface area (Å²) in [6, 6.07) is 2.22. The first kappa shape index (κ1) is 19.6. The van der Waals surface area contributed by atoms with Crippen molar-refractivity contribution in [2.75, 3.05) is 14.2 Å². The average molecular weight is 377 g/mol. The standard InChI is InChI=1S/C18H19NO6S/c1-5-6-12-7-11(8-13(24-3)15(12)20)9-14-16(21)19(18(23)26-14)10(2)17(22)25-4/h5,7-10,20H,1,6H2,2-4H3/b14-9-/t10-/m1/s1. The Bertz CT molecular complexity index is 801. The van der Waals surface area contributed by atoms with Crippen molar-refractivity contribution in [1.29, 1.82) is 0 Å². The van der Waals surface area contributed by atoms with Gasteiger partial charge in [0.1, 0.15) is 6.04 Å². The van der Waals surface area contributed by atoms with E-state index >= 15 is 0 Å². The molecule has 8 heteroatoms. The van der Waals surface area contributed by atoms with Crippen molar-refractivity contribution in [3.63, 3.8) is 0 Å². The molecule has 1 atom stereocenters. The highest BCUT2D eigenvalue weighted by molar-refractivity contribution is 8.18. The lowest BCUT2D eigenvalue weighted by molar-refractivity contribution is -0.148. The summed E-state index contributed by atoms with van der Waals surface area (Å²) in [6.45, 7) is 5.07. The fraction of sp³-hybridized carbons (Fsp3) is 0.278. The number of allylic oxidation sites excluding steroid dienone is 1.